The first kappa shape index (κ1) is 24.1. The molecule has 32 heavy (non-hydrogen) atoms. The molecular weight excluding hydrogens is 547 g/mol. The highest BCUT2D eigenvalue weighted by Crippen LogP contribution is 2.37. The summed E-state index contributed by atoms with van der Waals surface area (Å²) < 4.78 is 17.2. The molecule has 1 aromatic carbocycles. The van der Waals surface area contributed by atoms with Crippen LogP contribution in [0.25, 0.3) is 6.08 Å². The van der Waals surface area contributed by atoms with E-state index in [1.165, 1.54) is 7.11 Å². The average molecular weight is 568 g/mol. The van der Waals surface area contributed by atoms with Gasteiger partial charge in [0.1, 0.15) is 13.2 Å². The number of thioether (sulfide) groups is 1. The third-order valence-corrected chi connectivity index (χ3v) is 5.88. The van der Waals surface area contributed by atoms with E-state index in [1.807, 2.05) is 24.3 Å². The molecule has 1 aliphatic rings. The number of pyridine rings is 1. The number of carbonyl (C=O) groups excluding carboxylic acids is 3. The lowest BCUT2D eigenvalue weighted by atomic mass is 10.2. The van der Waals surface area contributed by atoms with Crippen LogP contribution >= 0.6 is 34.4 Å². The van der Waals surface area contributed by atoms with Crippen LogP contribution in [0.2, 0.25) is 0 Å². The molecule has 0 saturated carbocycles. The zero-order chi connectivity index (χ0) is 23.3. The summed E-state index contributed by atoms with van der Waals surface area (Å²) in [5.41, 5.74) is 1.44. The van der Waals surface area contributed by atoms with Gasteiger partial charge in [0.15, 0.2) is 11.5 Å². The van der Waals surface area contributed by atoms with Crippen LogP contribution in [0, 0.1) is 3.57 Å². The van der Waals surface area contributed by atoms with E-state index in [1.54, 1.807) is 32.2 Å². The second kappa shape index (κ2) is 10.8. The Morgan fingerprint density at radius 2 is 2.06 bits per heavy atom. The standard InChI is InChI=1S/C22H21IN2O6S/c1-13(2)31-19(26)11-25-21(27)18(32-22(25)28)10-14-8-16(23)20(17(9-14)29-3)30-12-15-6-4-5-7-24-15/h4-10,13H,11-12H2,1-3H3/b18-10-. The largest absolute Gasteiger partial charge is 0.493 e. The number of ether oxygens (including phenoxy) is 3. The number of carbonyl (C=O) groups is 3. The fourth-order valence-corrected chi connectivity index (χ4v) is 4.43. The summed E-state index contributed by atoms with van der Waals surface area (Å²) in [6.45, 7) is 3.26. The number of benzene rings is 1. The van der Waals surface area contributed by atoms with Gasteiger partial charge in [-0.2, -0.15) is 0 Å². The molecule has 168 valence electrons. The topological polar surface area (TPSA) is 95.0 Å². The molecule has 1 aliphatic heterocycles. The van der Waals surface area contributed by atoms with Crippen molar-refractivity contribution in [2.75, 3.05) is 13.7 Å². The summed E-state index contributed by atoms with van der Waals surface area (Å²) in [7, 11) is 1.52. The van der Waals surface area contributed by atoms with Crippen LogP contribution in [0.4, 0.5) is 4.79 Å². The summed E-state index contributed by atoms with van der Waals surface area (Å²) in [5, 5.41) is -0.515. The van der Waals surface area contributed by atoms with Gasteiger partial charge >= 0.3 is 5.97 Å². The smallest absolute Gasteiger partial charge is 0.326 e. The summed E-state index contributed by atoms with van der Waals surface area (Å²) >= 11 is 2.90. The van der Waals surface area contributed by atoms with Crippen molar-refractivity contribution < 1.29 is 28.6 Å². The minimum Gasteiger partial charge on any atom is -0.493 e. The first-order valence-corrected chi connectivity index (χ1v) is 11.5. The van der Waals surface area contributed by atoms with Crippen molar-refractivity contribution in [2.24, 2.45) is 0 Å². The van der Waals surface area contributed by atoms with Gasteiger partial charge in [0.2, 0.25) is 0 Å². The van der Waals surface area contributed by atoms with E-state index in [0.717, 1.165) is 25.9 Å². The van der Waals surface area contributed by atoms with Crippen molar-refractivity contribution in [3.8, 4) is 11.5 Å². The van der Waals surface area contributed by atoms with Gasteiger partial charge in [0, 0.05) is 6.20 Å². The van der Waals surface area contributed by atoms with E-state index in [2.05, 4.69) is 27.6 Å². The van der Waals surface area contributed by atoms with Crippen LogP contribution in [0.3, 0.4) is 0 Å². The lowest BCUT2D eigenvalue weighted by Crippen LogP contribution is -2.35. The molecule has 2 aromatic rings. The summed E-state index contributed by atoms with van der Waals surface area (Å²) in [4.78, 5) is 42.1. The lowest BCUT2D eigenvalue weighted by Gasteiger charge is -2.14. The zero-order valence-corrected chi connectivity index (χ0v) is 20.6. The number of imide groups is 1. The Morgan fingerprint density at radius 3 is 2.72 bits per heavy atom. The fraction of sp³-hybridized carbons (Fsp3) is 0.273. The van der Waals surface area contributed by atoms with Crippen molar-refractivity contribution in [3.05, 3.63) is 56.3 Å². The highest BCUT2D eigenvalue weighted by atomic mass is 127. The van der Waals surface area contributed by atoms with Crippen molar-refractivity contribution in [2.45, 2.75) is 26.6 Å². The van der Waals surface area contributed by atoms with Crippen LogP contribution in [0.15, 0.2) is 41.4 Å². The van der Waals surface area contributed by atoms with Gasteiger partial charge in [-0.1, -0.05) is 6.07 Å². The minimum absolute atomic E-state index is 0.215. The van der Waals surface area contributed by atoms with Gasteiger partial charge < -0.3 is 14.2 Å². The number of methoxy groups -OCH3 is 1. The molecule has 2 amide bonds. The zero-order valence-electron chi connectivity index (χ0n) is 17.7. The Bertz CT molecular complexity index is 1060. The highest BCUT2D eigenvalue weighted by molar-refractivity contribution is 14.1. The van der Waals surface area contributed by atoms with Crippen molar-refractivity contribution in [3.63, 3.8) is 0 Å². The molecule has 0 N–H and O–H groups in total. The van der Waals surface area contributed by atoms with E-state index < -0.39 is 23.7 Å². The van der Waals surface area contributed by atoms with E-state index in [9.17, 15) is 14.4 Å². The molecule has 2 heterocycles. The van der Waals surface area contributed by atoms with Gasteiger partial charge in [0.25, 0.3) is 11.1 Å². The van der Waals surface area contributed by atoms with Crippen LogP contribution < -0.4 is 9.47 Å². The molecule has 1 fully saturated rings. The second-order valence-corrected chi connectivity index (χ2v) is 9.11. The van der Waals surface area contributed by atoms with Crippen LogP contribution in [-0.4, -0.2) is 46.8 Å². The maximum atomic E-state index is 12.7. The van der Waals surface area contributed by atoms with Gasteiger partial charge in [-0.15, -0.1) is 0 Å². The Morgan fingerprint density at radius 1 is 1.28 bits per heavy atom. The number of rotatable bonds is 8. The Labute approximate surface area is 203 Å². The minimum atomic E-state index is -0.630. The molecule has 10 heteroatoms. The van der Waals surface area contributed by atoms with Crippen molar-refractivity contribution in [1.29, 1.82) is 0 Å². The number of halogens is 1. The number of hydrogen-bond donors (Lipinski definition) is 0. The Kier molecular flexibility index (Phi) is 8.13. The predicted molar refractivity (Wildman–Crippen MR) is 128 cm³/mol. The Hall–Kier alpha value is -2.60. The van der Waals surface area contributed by atoms with E-state index >= 15 is 0 Å². The number of hydrogen-bond acceptors (Lipinski definition) is 8. The number of nitrogens with zero attached hydrogens (tertiary/aromatic N) is 2. The van der Waals surface area contributed by atoms with Crippen molar-refractivity contribution >= 4 is 57.5 Å². The second-order valence-electron chi connectivity index (χ2n) is 6.95. The molecule has 3 rings (SSSR count). The number of aromatic nitrogens is 1. The predicted octanol–water partition coefficient (Wildman–Crippen LogP) is 4.26. The molecule has 8 nitrogen and oxygen atoms in total. The normalized spacial score (nSPS) is 14.9. The molecule has 0 spiro atoms. The molecule has 1 saturated heterocycles. The monoisotopic (exact) mass is 568 g/mol. The third-order valence-electron chi connectivity index (χ3n) is 4.17. The maximum Gasteiger partial charge on any atom is 0.326 e. The third kappa shape index (κ3) is 6.00. The maximum absolute atomic E-state index is 12.7. The first-order valence-electron chi connectivity index (χ1n) is 9.63. The van der Waals surface area contributed by atoms with Crippen LogP contribution in [0.5, 0.6) is 11.5 Å². The number of amides is 2. The average Bonchev–Trinajstić information content (AvgIpc) is 3.00. The van der Waals surface area contributed by atoms with Crippen LogP contribution in [0.1, 0.15) is 25.1 Å². The van der Waals surface area contributed by atoms with Gasteiger partial charge in [-0.3, -0.25) is 24.3 Å². The molecule has 0 aliphatic carbocycles. The molecule has 1 aromatic heterocycles. The quantitative estimate of drug-likeness (QED) is 0.265. The Balaban J connectivity index is 1.78. The SMILES string of the molecule is COc1cc(/C=C2\SC(=O)N(CC(=O)OC(C)C)C2=O)cc(I)c1OCc1ccccn1. The molecule has 0 unspecified atom stereocenters. The summed E-state index contributed by atoms with van der Waals surface area (Å²) in [6.07, 6.45) is 2.96. The van der Waals surface area contributed by atoms with E-state index in [4.69, 9.17) is 14.2 Å². The number of esters is 1. The molecular formula is C22H21IN2O6S. The van der Waals surface area contributed by atoms with Crippen molar-refractivity contribution in [1.82, 2.24) is 9.88 Å². The van der Waals surface area contributed by atoms with Gasteiger partial charge in [0.05, 0.1) is 27.4 Å². The van der Waals surface area contributed by atoms with E-state index in [-0.39, 0.29) is 17.6 Å². The fourth-order valence-electron chi connectivity index (χ4n) is 2.81. The van der Waals surface area contributed by atoms with Gasteiger partial charge in [-0.25, -0.2) is 0 Å². The van der Waals surface area contributed by atoms with E-state index in [0.29, 0.717) is 17.1 Å². The highest BCUT2D eigenvalue weighted by Gasteiger charge is 2.36. The first-order chi connectivity index (χ1) is 15.3. The van der Waals surface area contributed by atoms with Gasteiger partial charge in [-0.05, 0) is 84.1 Å². The molecule has 0 bridgehead atoms. The molecule has 0 atom stereocenters. The van der Waals surface area contributed by atoms with Crippen LogP contribution in [-0.2, 0) is 20.9 Å². The lowest BCUT2D eigenvalue weighted by molar-refractivity contribution is -0.149. The summed E-state index contributed by atoms with van der Waals surface area (Å²) in [6, 6.07) is 9.11. The summed E-state index contributed by atoms with van der Waals surface area (Å²) in [5.74, 6) is -0.126. The molecule has 0 radical (unpaired) electrons.